The van der Waals surface area contributed by atoms with E-state index in [-0.39, 0.29) is 0 Å². The summed E-state index contributed by atoms with van der Waals surface area (Å²) in [6.07, 6.45) is 18.2. The smallest absolute Gasteiger partial charge is 0.0345 e. The first-order valence-corrected chi connectivity index (χ1v) is 6.49. The second kappa shape index (κ2) is 4.03. The lowest BCUT2D eigenvalue weighted by Crippen LogP contribution is -2.19. The molecule has 0 nitrogen and oxygen atoms in total. The molecule has 1 atom stereocenters. The highest BCUT2D eigenvalue weighted by molar-refractivity contribution is 5.62. The van der Waals surface area contributed by atoms with Gasteiger partial charge in [-0.25, -0.2) is 0 Å². The molecule has 0 aliphatic heterocycles. The normalized spacial score (nSPS) is 25.3. The van der Waals surface area contributed by atoms with E-state index in [2.05, 4.69) is 56.4 Å². The van der Waals surface area contributed by atoms with Gasteiger partial charge in [-0.15, -0.1) is 0 Å². The van der Waals surface area contributed by atoms with Gasteiger partial charge in [0.15, 0.2) is 0 Å². The fraction of sp³-hybridized carbons (Fsp3) is 0.294. The van der Waals surface area contributed by atoms with E-state index in [1.54, 1.807) is 5.57 Å². The van der Waals surface area contributed by atoms with E-state index in [1.807, 2.05) is 0 Å². The van der Waals surface area contributed by atoms with Gasteiger partial charge in [0, 0.05) is 5.92 Å². The van der Waals surface area contributed by atoms with Crippen molar-refractivity contribution in [1.29, 1.82) is 0 Å². The third-order valence-corrected chi connectivity index (χ3v) is 3.83. The summed E-state index contributed by atoms with van der Waals surface area (Å²) in [6, 6.07) is 0. The van der Waals surface area contributed by atoms with Gasteiger partial charge in [0.05, 0.1) is 0 Å². The van der Waals surface area contributed by atoms with Crippen molar-refractivity contribution in [3.05, 3.63) is 70.4 Å². The summed E-state index contributed by atoms with van der Waals surface area (Å²) in [7, 11) is 0. The van der Waals surface area contributed by atoms with Crippen molar-refractivity contribution in [3.63, 3.8) is 0 Å². The first-order chi connectivity index (χ1) is 8.31. The maximum atomic E-state index is 2.32. The number of allylic oxidation sites excluding steroid dienone is 12. The second-order valence-corrected chi connectivity index (χ2v) is 5.00. The minimum absolute atomic E-state index is 0.511. The predicted molar refractivity (Wildman–Crippen MR) is 73.6 cm³/mol. The lowest BCUT2D eigenvalue weighted by molar-refractivity contribution is 0.797. The van der Waals surface area contributed by atoms with Crippen LogP contribution in [0.2, 0.25) is 0 Å². The van der Waals surface area contributed by atoms with E-state index >= 15 is 0 Å². The maximum absolute atomic E-state index is 2.32. The molecule has 0 bridgehead atoms. The van der Waals surface area contributed by atoms with Crippen LogP contribution < -0.4 is 0 Å². The lowest BCUT2D eigenvalue weighted by atomic mass is 9.70. The zero-order chi connectivity index (χ0) is 11.8. The van der Waals surface area contributed by atoms with E-state index in [1.165, 1.54) is 35.1 Å². The Bertz CT molecular complexity index is 530. The Hall–Kier alpha value is -1.56. The Morgan fingerprint density at radius 3 is 2.65 bits per heavy atom. The minimum atomic E-state index is 0.511. The van der Waals surface area contributed by atoms with Crippen molar-refractivity contribution in [2.75, 3.05) is 0 Å². The van der Waals surface area contributed by atoms with Crippen LogP contribution in [0.15, 0.2) is 70.4 Å². The monoisotopic (exact) mass is 222 g/mol. The highest BCUT2D eigenvalue weighted by atomic mass is 14.3. The van der Waals surface area contributed by atoms with E-state index in [4.69, 9.17) is 0 Å². The topological polar surface area (TPSA) is 0 Å². The van der Waals surface area contributed by atoms with Gasteiger partial charge in [0.25, 0.3) is 0 Å². The summed E-state index contributed by atoms with van der Waals surface area (Å²) in [5, 5.41) is 0. The number of hydrogen-bond donors (Lipinski definition) is 0. The second-order valence-electron chi connectivity index (χ2n) is 5.00. The molecule has 0 saturated carbocycles. The van der Waals surface area contributed by atoms with Crippen molar-refractivity contribution in [2.45, 2.75) is 26.7 Å². The summed E-state index contributed by atoms with van der Waals surface area (Å²) in [5.74, 6) is 0.511. The Balaban J connectivity index is 2.16. The molecular formula is C17H18. The molecule has 0 saturated heterocycles. The van der Waals surface area contributed by atoms with Gasteiger partial charge in [0.2, 0.25) is 0 Å². The van der Waals surface area contributed by atoms with Crippen LogP contribution >= 0.6 is 0 Å². The molecule has 3 rings (SSSR count). The Morgan fingerprint density at radius 1 is 1.00 bits per heavy atom. The lowest BCUT2D eigenvalue weighted by Gasteiger charge is -2.33. The Kier molecular flexibility index (Phi) is 2.51. The molecule has 0 N–H and O–H groups in total. The van der Waals surface area contributed by atoms with Gasteiger partial charge in [-0.05, 0) is 41.2 Å². The van der Waals surface area contributed by atoms with Crippen molar-refractivity contribution in [3.8, 4) is 0 Å². The molecule has 0 aromatic rings. The third kappa shape index (κ3) is 1.59. The van der Waals surface area contributed by atoms with Crippen molar-refractivity contribution in [2.24, 2.45) is 5.92 Å². The average molecular weight is 222 g/mol. The molecule has 0 fully saturated rings. The molecule has 1 unspecified atom stereocenters. The molecule has 0 amide bonds. The molecule has 0 aromatic carbocycles. The quantitative estimate of drug-likeness (QED) is 0.638. The first-order valence-electron chi connectivity index (χ1n) is 6.49. The average Bonchev–Trinajstić information content (AvgIpc) is 2.35. The van der Waals surface area contributed by atoms with Crippen molar-refractivity contribution < 1.29 is 0 Å². The highest BCUT2D eigenvalue weighted by Crippen LogP contribution is 2.44. The SMILES string of the molecule is CCCC1=CC=C2C=CC=C3C=CC(C)=C1C32. The Morgan fingerprint density at radius 2 is 1.82 bits per heavy atom. The van der Waals surface area contributed by atoms with Gasteiger partial charge in [-0.2, -0.15) is 0 Å². The van der Waals surface area contributed by atoms with Crippen LogP contribution in [0.4, 0.5) is 0 Å². The summed E-state index contributed by atoms with van der Waals surface area (Å²) in [4.78, 5) is 0. The molecule has 0 spiro atoms. The molecule has 0 heterocycles. The minimum Gasteiger partial charge on any atom is -0.0651 e. The predicted octanol–water partition coefficient (Wildman–Crippen LogP) is 4.65. The molecular weight excluding hydrogens is 204 g/mol. The summed E-state index contributed by atoms with van der Waals surface area (Å²) < 4.78 is 0. The molecule has 3 aliphatic rings. The van der Waals surface area contributed by atoms with E-state index < -0.39 is 0 Å². The van der Waals surface area contributed by atoms with Gasteiger partial charge >= 0.3 is 0 Å². The van der Waals surface area contributed by atoms with Crippen molar-refractivity contribution in [1.82, 2.24) is 0 Å². The fourth-order valence-electron chi connectivity index (χ4n) is 3.04. The van der Waals surface area contributed by atoms with Crippen LogP contribution in [0.5, 0.6) is 0 Å². The number of rotatable bonds is 2. The summed E-state index contributed by atoms with van der Waals surface area (Å²) in [5.41, 5.74) is 7.42. The molecule has 17 heavy (non-hydrogen) atoms. The van der Waals surface area contributed by atoms with Gasteiger partial charge in [-0.3, -0.25) is 0 Å². The zero-order valence-corrected chi connectivity index (χ0v) is 10.5. The van der Waals surface area contributed by atoms with Crippen LogP contribution in [0.25, 0.3) is 0 Å². The molecule has 0 radical (unpaired) electrons. The highest BCUT2D eigenvalue weighted by Gasteiger charge is 2.29. The standard InChI is InChI=1S/C17H18/c1-3-5-13-10-11-15-7-4-6-14-9-8-12(2)16(13)17(14)15/h4,6-11,17H,3,5H2,1-2H3. The van der Waals surface area contributed by atoms with Gasteiger partial charge < -0.3 is 0 Å². The van der Waals surface area contributed by atoms with Crippen LogP contribution in [0.1, 0.15) is 26.7 Å². The Labute approximate surface area is 103 Å². The summed E-state index contributed by atoms with van der Waals surface area (Å²) >= 11 is 0. The van der Waals surface area contributed by atoms with E-state index in [0.717, 1.165) is 0 Å². The molecule has 86 valence electrons. The van der Waals surface area contributed by atoms with Gasteiger partial charge in [-0.1, -0.05) is 55.9 Å². The van der Waals surface area contributed by atoms with Crippen LogP contribution in [0.3, 0.4) is 0 Å². The third-order valence-electron chi connectivity index (χ3n) is 3.83. The zero-order valence-electron chi connectivity index (χ0n) is 10.5. The molecule has 3 aliphatic carbocycles. The van der Waals surface area contributed by atoms with Crippen LogP contribution in [-0.4, -0.2) is 0 Å². The van der Waals surface area contributed by atoms with Crippen LogP contribution in [-0.2, 0) is 0 Å². The summed E-state index contributed by atoms with van der Waals surface area (Å²) in [6.45, 7) is 4.50. The van der Waals surface area contributed by atoms with Gasteiger partial charge in [0.1, 0.15) is 0 Å². The largest absolute Gasteiger partial charge is 0.0651 e. The van der Waals surface area contributed by atoms with E-state index in [9.17, 15) is 0 Å². The number of hydrogen-bond acceptors (Lipinski definition) is 0. The van der Waals surface area contributed by atoms with Crippen LogP contribution in [0, 0.1) is 5.92 Å². The van der Waals surface area contributed by atoms with Crippen molar-refractivity contribution >= 4 is 0 Å². The maximum Gasteiger partial charge on any atom is 0.0345 e. The first kappa shape index (κ1) is 10.6. The van der Waals surface area contributed by atoms with E-state index in [0.29, 0.717) is 5.92 Å². The fourth-order valence-corrected chi connectivity index (χ4v) is 3.04. The molecule has 0 heteroatoms. The molecule has 0 aromatic heterocycles.